The van der Waals surface area contributed by atoms with E-state index in [1.54, 1.807) is 12.4 Å². The summed E-state index contributed by atoms with van der Waals surface area (Å²) >= 11 is 1.48. The molecule has 0 fully saturated rings. The van der Waals surface area contributed by atoms with Crippen LogP contribution in [0, 0.1) is 0 Å². The van der Waals surface area contributed by atoms with Gasteiger partial charge in [0.2, 0.25) is 0 Å². The molecule has 0 aromatic carbocycles. The Morgan fingerprint density at radius 2 is 2.18 bits per heavy atom. The fourth-order valence-electron chi connectivity index (χ4n) is 1.38. The molecule has 5 nitrogen and oxygen atoms in total. The highest BCUT2D eigenvalue weighted by Crippen LogP contribution is 2.07. The monoisotopic (exact) mass is 255 g/mol. The quantitative estimate of drug-likeness (QED) is 0.568. The second-order valence-electron chi connectivity index (χ2n) is 3.64. The van der Waals surface area contributed by atoms with E-state index in [-0.39, 0.29) is 0 Å². The molecule has 0 aliphatic rings. The fourth-order valence-corrected chi connectivity index (χ4v) is 1.70. The molecule has 2 N–H and O–H groups in total. The Balaban J connectivity index is 2.50. The molecule has 1 heterocycles. The Kier molecular flexibility index (Phi) is 5.93. The summed E-state index contributed by atoms with van der Waals surface area (Å²) in [7, 11) is 0. The largest absolute Gasteiger partial charge is 0.480 e. The molecule has 6 heteroatoms. The van der Waals surface area contributed by atoms with Gasteiger partial charge in [-0.05, 0) is 12.7 Å². The summed E-state index contributed by atoms with van der Waals surface area (Å²) in [5, 5.41) is 12.7. The highest BCUT2D eigenvalue weighted by molar-refractivity contribution is 7.98. The second-order valence-corrected chi connectivity index (χ2v) is 4.41. The van der Waals surface area contributed by atoms with Crippen molar-refractivity contribution in [3.8, 4) is 0 Å². The third-order valence-corrected chi connectivity index (χ3v) is 2.87. The van der Waals surface area contributed by atoms with Crippen LogP contribution in [0.3, 0.4) is 0 Å². The molecule has 1 rings (SSSR count). The Morgan fingerprint density at radius 3 is 2.65 bits per heavy atom. The fraction of sp³-hybridized carbons (Fsp3) is 0.545. The number of carbonyl (C=O) groups is 1. The van der Waals surface area contributed by atoms with E-state index in [4.69, 9.17) is 5.11 Å². The molecule has 0 saturated heterocycles. The summed E-state index contributed by atoms with van der Waals surface area (Å²) in [5.74, 6) is -0.812. The van der Waals surface area contributed by atoms with Crippen LogP contribution < -0.4 is 5.32 Å². The molecule has 0 saturated carbocycles. The van der Waals surface area contributed by atoms with Gasteiger partial charge in [0.15, 0.2) is 5.16 Å². The van der Waals surface area contributed by atoms with Crippen LogP contribution in [-0.4, -0.2) is 33.3 Å². The lowest BCUT2D eigenvalue weighted by molar-refractivity contribution is -0.139. The summed E-state index contributed by atoms with van der Waals surface area (Å²) in [4.78, 5) is 19.2. The number of carboxylic acids is 1. The molecule has 1 aromatic heterocycles. The molecule has 0 unspecified atom stereocenters. The summed E-state index contributed by atoms with van der Waals surface area (Å²) in [6.07, 6.45) is 6.81. The Morgan fingerprint density at radius 1 is 1.53 bits per heavy atom. The predicted octanol–water partition coefficient (Wildman–Crippen LogP) is 1.54. The minimum absolute atomic E-state index is 0.478. The molecule has 0 spiro atoms. The number of nitrogens with zero attached hydrogens (tertiary/aromatic N) is 2. The molecular weight excluding hydrogens is 238 g/mol. The number of thioether (sulfide) groups is 1. The Hall–Kier alpha value is -1.14. The van der Waals surface area contributed by atoms with Crippen molar-refractivity contribution in [1.82, 2.24) is 15.3 Å². The number of hydrogen-bond donors (Lipinski definition) is 2. The molecular formula is C11H17N3O2S. The van der Waals surface area contributed by atoms with Gasteiger partial charge in [0.1, 0.15) is 6.04 Å². The first-order valence-corrected chi connectivity index (χ1v) is 6.71. The zero-order valence-electron chi connectivity index (χ0n) is 10.0. The topological polar surface area (TPSA) is 75.1 Å². The lowest BCUT2D eigenvalue weighted by Crippen LogP contribution is -2.36. The second kappa shape index (κ2) is 7.24. The van der Waals surface area contributed by atoms with Gasteiger partial charge in [-0.25, -0.2) is 9.97 Å². The molecule has 1 atom stereocenters. The van der Waals surface area contributed by atoms with Gasteiger partial charge in [-0.15, -0.1) is 0 Å². The number of rotatable bonds is 7. The van der Waals surface area contributed by atoms with E-state index in [1.807, 2.05) is 13.2 Å². The van der Waals surface area contributed by atoms with Crippen molar-refractivity contribution >= 4 is 17.7 Å². The van der Waals surface area contributed by atoms with Gasteiger partial charge < -0.3 is 10.4 Å². The molecule has 0 aliphatic heterocycles. The standard InChI is InChI=1S/C11H17N3O2S/c1-3-4-9(10(15)16)12-5-8-6-13-11(17-2)14-7-8/h6-7,9,12H,3-5H2,1-2H3,(H,15,16)/t9-/m1/s1. The van der Waals surface area contributed by atoms with Gasteiger partial charge >= 0.3 is 5.97 Å². The summed E-state index contributed by atoms with van der Waals surface area (Å²) in [6, 6.07) is -0.500. The van der Waals surface area contributed by atoms with Crippen molar-refractivity contribution in [1.29, 1.82) is 0 Å². The van der Waals surface area contributed by atoms with Gasteiger partial charge in [0.25, 0.3) is 0 Å². The van der Waals surface area contributed by atoms with Crippen LogP contribution in [0.15, 0.2) is 17.6 Å². The van der Waals surface area contributed by atoms with E-state index in [1.165, 1.54) is 11.8 Å². The molecule has 17 heavy (non-hydrogen) atoms. The zero-order valence-corrected chi connectivity index (χ0v) is 10.8. The van der Waals surface area contributed by atoms with E-state index >= 15 is 0 Å². The summed E-state index contributed by atoms with van der Waals surface area (Å²) < 4.78 is 0. The van der Waals surface area contributed by atoms with E-state index in [0.717, 1.165) is 17.1 Å². The van der Waals surface area contributed by atoms with Gasteiger partial charge in [0.05, 0.1) is 0 Å². The maximum Gasteiger partial charge on any atom is 0.320 e. The molecule has 0 aliphatic carbocycles. The maximum absolute atomic E-state index is 10.9. The van der Waals surface area contributed by atoms with Crippen LogP contribution in [-0.2, 0) is 11.3 Å². The van der Waals surface area contributed by atoms with Crippen LogP contribution in [0.1, 0.15) is 25.3 Å². The van der Waals surface area contributed by atoms with E-state index in [9.17, 15) is 4.79 Å². The number of hydrogen-bond acceptors (Lipinski definition) is 5. The third-order valence-electron chi connectivity index (χ3n) is 2.29. The number of carboxylic acid groups (broad SMARTS) is 1. The average molecular weight is 255 g/mol. The van der Waals surface area contributed by atoms with Gasteiger partial charge in [-0.1, -0.05) is 25.1 Å². The normalized spacial score (nSPS) is 12.4. The number of aliphatic carboxylic acids is 1. The Labute approximate surface area is 105 Å². The van der Waals surface area contributed by atoms with Crippen molar-refractivity contribution in [2.45, 2.75) is 37.5 Å². The van der Waals surface area contributed by atoms with E-state index < -0.39 is 12.0 Å². The van der Waals surface area contributed by atoms with Gasteiger partial charge in [0, 0.05) is 24.5 Å². The zero-order chi connectivity index (χ0) is 12.7. The average Bonchev–Trinajstić information content (AvgIpc) is 2.34. The van der Waals surface area contributed by atoms with Crippen LogP contribution in [0.5, 0.6) is 0 Å². The lowest BCUT2D eigenvalue weighted by Gasteiger charge is -2.12. The van der Waals surface area contributed by atoms with E-state index in [2.05, 4.69) is 15.3 Å². The van der Waals surface area contributed by atoms with Crippen LogP contribution in [0.4, 0.5) is 0 Å². The van der Waals surface area contributed by atoms with Gasteiger partial charge in [-0.2, -0.15) is 0 Å². The third kappa shape index (κ3) is 4.70. The van der Waals surface area contributed by atoms with Crippen molar-refractivity contribution in [2.24, 2.45) is 0 Å². The SMILES string of the molecule is CCC[C@@H](NCc1cnc(SC)nc1)C(=O)O. The van der Waals surface area contributed by atoms with Crippen LogP contribution >= 0.6 is 11.8 Å². The van der Waals surface area contributed by atoms with Gasteiger partial charge in [-0.3, -0.25) is 4.79 Å². The maximum atomic E-state index is 10.9. The molecule has 94 valence electrons. The first-order chi connectivity index (χ1) is 8.17. The van der Waals surface area contributed by atoms with E-state index in [0.29, 0.717) is 13.0 Å². The van der Waals surface area contributed by atoms with Crippen molar-refractivity contribution in [3.05, 3.63) is 18.0 Å². The minimum Gasteiger partial charge on any atom is -0.480 e. The predicted molar refractivity (Wildman–Crippen MR) is 67.0 cm³/mol. The minimum atomic E-state index is -0.812. The first kappa shape index (κ1) is 13.9. The number of nitrogens with one attached hydrogen (secondary N) is 1. The molecule has 0 bridgehead atoms. The Bertz CT molecular complexity index is 356. The molecule has 1 aromatic rings. The molecule has 0 radical (unpaired) electrons. The van der Waals surface area contributed by atoms with Crippen LogP contribution in [0.2, 0.25) is 0 Å². The smallest absolute Gasteiger partial charge is 0.320 e. The van der Waals surface area contributed by atoms with Crippen molar-refractivity contribution in [3.63, 3.8) is 0 Å². The first-order valence-electron chi connectivity index (χ1n) is 5.48. The van der Waals surface area contributed by atoms with Crippen molar-refractivity contribution in [2.75, 3.05) is 6.26 Å². The highest BCUT2D eigenvalue weighted by Gasteiger charge is 2.15. The number of aromatic nitrogens is 2. The highest BCUT2D eigenvalue weighted by atomic mass is 32.2. The summed E-state index contributed by atoms with van der Waals surface area (Å²) in [5.41, 5.74) is 0.894. The lowest BCUT2D eigenvalue weighted by atomic mass is 10.1. The summed E-state index contributed by atoms with van der Waals surface area (Å²) in [6.45, 7) is 2.44. The van der Waals surface area contributed by atoms with Crippen molar-refractivity contribution < 1.29 is 9.90 Å². The van der Waals surface area contributed by atoms with Crippen LogP contribution in [0.25, 0.3) is 0 Å². The molecule has 0 amide bonds.